The lowest BCUT2D eigenvalue weighted by Gasteiger charge is -2.12. The molecule has 2 aromatic rings. The van der Waals surface area contributed by atoms with Crippen molar-refractivity contribution in [2.24, 2.45) is 5.10 Å². The van der Waals surface area contributed by atoms with E-state index >= 15 is 0 Å². The van der Waals surface area contributed by atoms with E-state index in [1.54, 1.807) is 25.3 Å². The number of nitrogens with one attached hydrogen (secondary N) is 1. The number of hydrogen-bond acceptors (Lipinski definition) is 5. The molecule has 0 unspecified atom stereocenters. The van der Waals surface area contributed by atoms with Gasteiger partial charge in [-0.1, -0.05) is 0 Å². The summed E-state index contributed by atoms with van der Waals surface area (Å²) in [5.41, 5.74) is 3.69. The Hall–Kier alpha value is -1.81. The first-order chi connectivity index (χ1) is 13.0. The van der Waals surface area contributed by atoms with Crippen molar-refractivity contribution in [2.45, 2.75) is 13.8 Å². The summed E-state index contributed by atoms with van der Waals surface area (Å²) in [5.74, 6) is 1.62. The van der Waals surface area contributed by atoms with Gasteiger partial charge in [0.1, 0.15) is 17.2 Å². The lowest BCUT2D eigenvalue weighted by Crippen LogP contribution is -2.17. The van der Waals surface area contributed by atoms with Gasteiger partial charge in [0.2, 0.25) is 0 Å². The Morgan fingerprint density at radius 3 is 2.52 bits per heavy atom. The summed E-state index contributed by atoms with van der Waals surface area (Å²) in [7, 11) is 1.57. The quantitative estimate of drug-likeness (QED) is 0.298. The molecule has 144 valence electrons. The van der Waals surface area contributed by atoms with Crippen LogP contribution >= 0.6 is 38.5 Å². The first kappa shape index (κ1) is 21.5. The number of carbonyl (C=O) groups excluding carboxylic acids is 1. The maximum atomic E-state index is 12.3. The van der Waals surface area contributed by atoms with Crippen molar-refractivity contribution in [3.05, 3.63) is 49.5 Å². The molecule has 1 N–H and O–H groups in total. The number of benzene rings is 2. The molecule has 0 bridgehead atoms. The van der Waals surface area contributed by atoms with Gasteiger partial charge in [0, 0.05) is 17.2 Å². The standard InChI is InChI=1S/C19H20BrIN2O4/c1-4-26-16-10-17(27-5-2)14(20)8-13(16)11-22-23-19(24)12-6-7-15(21)18(9-12)25-3/h6-11H,4-5H2,1-3H3,(H,23,24)/b22-11-. The second kappa shape index (κ2) is 10.5. The van der Waals surface area contributed by atoms with Crippen molar-refractivity contribution in [1.82, 2.24) is 5.43 Å². The number of ether oxygens (including phenoxy) is 3. The fourth-order valence-corrected chi connectivity index (χ4v) is 3.25. The average Bonchev–Trinajstić information content (AvgIpc) is 2.65. The van der Waals surface area contributed by atoms with Gasteiger partial charge in [0.25, 0.3) is 5.91 Å². The highest BCUT2D eigenvalue weighted by Crippen LogP contribution is 2.32. The number of hydrazone groups is 1. The normalized spacial score (nSPS) is 10.7. The molecule has 1 amide bonds. The number of carbonyl (C=O) groups is 1. The average molecular weight is 547 g/mol. The summed E-state index contributed by atoms with van der Waals surface area (Å²) in [6, 6.07) is 8.83. The maximum absolute atomic E-state index is 12.3. The molecule has 0 aromatic heterocycles. The first-order valence-corrected chi connectivity index (χ1v) is 10.1. The van der Waals surface area contributed by atoms with Crippen LogP contribution in [0.25, 0.3) is 0 Å². The van der Waals surface area contributed by atoms with Crippen LogP contribution in [-0.4, -0.2) is 32.4 Å². The highest BCUT2D eigenvalue weighted by molar-refractivity contribution is 14.1. The molecule has 0 radical (unpaired) electrons. The van der Waals surface area contributed by atoms with Crippen LogP contribution in [0.15, 0.2) is 39.9 Å². The first-order valence-electron chi connectivity index (χ1n) is 8.26. The van der Waals surface area contributed by atoms with Crippen LogP contribution in [-0.2, 0) is 0 Å². The van der Waals surface area contributed by atoms with E-state index in [9.17, 15) is 4.79 Å². The summed E-state index contributed by atoms with van der Waals surface area (Å²) < 4.78 is 18.1. The predicted octanol–water partition coefficient (Wildman–Crippen LogP) is 4.62. The van der Waals surface area contributed by atoms with E-state index in [0.29, 0.717) is 41.6 Å². The Kier molecular flexibility index (Phi) is 8.36. The molecule has 0 atom stereocenters. The highest BCUT2D eigenvalue weighted by Gasteiger charge is 2.11. The van der Waals surface area contributed by atoms with Crippen LogP contribution in [0.4, 0.5) is 0 Å². The van der Waals surface area contributed by atoms with E-state index in [2.05, 4.69) is 49.0 Å². The second-order valence-electron chi connectivity index (χ2n) is 5.23. The minimum atomic E-state index is -0.330. The Morgan fingerprint density at radius 2 is 1.85 bits per heavy atom. The zero-order chi connectivity index (χ0) is 19.8. The lowest BCUT2D eigenvalue weighted by molar-refractivity contribution is 0.0954. The summed E-state index contributed by atoms with van der Waals surface area (Å²) in [5, 5.41) is 4.05. The van der Waals surface area contributed by atoms with E-state index in [0.717, 1.165) is 8.04 Å². The fourth-order valence-electron chi connectivity index (χ4n) is 2.22. The smallest absolute Gasteiger partial charge is 0.271 e. The van der Waals surface area contributed by atoms with Gasteiger partial charge in [0.15, 0.2) is 0 Å². The van der Waals surface area contributed by atoms with Gasteiger partial charge in [-0.05, 0) is 76.6 Å². The number of amides is 1. The number of halogens is 2. The van der Waals surface area contributed by atoms with Crippen molar-refractivity contribution in [1.29, 1.82) is 0 Å². The highest BCUT2D eigenvalue weighted by atomic mass is 127. The molecular formula is C19H20BrIN2O4. The van der Waals surface area contributed by atoms with E-state index in [-0.39, 0.29) is 5.91 Å². The molecule has 0 saturated carbocycles. The second-order valence-corrected chi connectivity index (χ2v) is 7.25. The molecule has 0 aliphatic rings. The molecular weight excluding hydrogens is 527 g/mol. The summed E-state index contributed by atoms with van der Waals surface area (Å²) >= 11 is 5.61. The number of rotatable bonds is 8. The molecule has 0 aliphatic heterocycles. The Morgan fingerprint density at radius 1 is 1.15 bits per heavy atom. The number of nitrogens with zero attached hydrogens (tertiary/aromatic N) is 1. The van der Waals surface area contributed by atoms with E-state index in [1.807, 2.05) is 26.0 Å². The van der Waals surface area contributed by atoms with Crippen molar-refractivity contribution < 1.29 is 19.0 Å². The fraction of sp³-hybridized carbons (Fsp3) is 0.263. The Balaban J connectivity index is 2.17. The SMILES string of the molecule is CCOc1cc(OCC)c(/C=N\NC(=O)c2ccc(I)c(OC)c2)cc1Br. The van der Waals surface area contributed by atoms with Gasteiger partial charge < -0.3 is 14.2 Å². The minimum Gasteiger partial charge on any atom is -0.496 e. The van der Waals surface area contributed by atoms with Gasteiger partial charge in [-0.15, -0.1) is 0 Å². The molecule has 0 spiro atoms. The van der Waals surface area contributed by atoms with Crippen LogP contribution in [0.2, 0.25) is 0 Å². The van der Waals surface area contributed by atoms with Gasteiger partial charge >= 0.3 is 0 Å². The number of methoxy groups -OCH3 is 1. The third-order valence-corrected chi connectivity index (χ3v) is 4.96. The van der Waals surface area contributed by atoms with Crippen LogP contribution in [0.3, 0.4) is 0 Å². The zero-order valence-electron chi connectivity index (χ0n) is 15.2. The maximum Gasteiger partial charge on any atom is 0.271 e. The Bertz CT molecular complexity index is 843. The predicted molar refractivity (Wildman–Crippen MR) is 117 cm³/mol. The van der Waals surface area contributed by atoms with Gasteiger partial charge in [0.05, 0.1) is 34.6 Å². The van der Waals surface area contributed by atoms with Gasteiger partial charge in [-0.3, -0.25) is 4.79 Å². The molecule has 0 heterocycles. The summed E-state index contributed by atoms with van der Waals surface area (Å²) in [6.07, 6.45) is 1.54. The van der Waals surface area contributed by atoms with E-state index in [1.165, 1.54) is 6.21 Å². The molecule has 8 heteroatoms. The summed E-state index contributed by atoms with van der Waals surface area (Å²) in [4.78, 5) is 12.3. The van der Waals surface area contributed by atoms with E-state index < -0.39 is 0 Å². The molecule has 0 aliphatic carbocycles. The molecule has 0 fully saturated rings. The zero-order valence-corrected chi connectivity index (χ0v) is 19.0. The molecule has 2 aromatic carbocycles. The van der Waals surface area contributed by atoms with Gasteiger partial charge in [-0.25, -0.2) is 5.43 Å². The molecule has 27 heavy (non-hydrogen) atoms. The monoisotopic (exact) mass is 546 g/mol. The van der Waals surface area contributed by atoms with Crippen molar-refractivity contribution in [3.8, 4) is 17.2 Å². The topological polar surface area (TPSA) is 69.2 Å². The largest absolute Gasteiger partial charge is 0.496 e. The van der Waals surface area contributed by atoms with Crippen molar-refractivity contribution >= 4 is 50.6 Å². The van der Waals surface area contributed by atoms with Crippen molar-refractivity contribution in [3.63, 3.8) is 0 Å². The van der Waals surface area contributed by atoms with Crippen LogP contribution in [0.5, 0.6) is 17.2 Å². The molecule has 6 nitrogen and oxygen atoms in total. The number of hydrogen-bond donors (Lipinski definition) is 1. The van der Waals surface area contributed by atoms with Gasteiger partial charge in [-0.2, -0.15) is 5.10 Å². The minimum absolute atomic E-state index is 0.330. The van der Waals surface area contributed by atoms with Crippen LogP contribution in [0, 0.1) is 3.57 Å². The lowest BCUT2D eigenvalue weighted by atomic mass is 10.2. The summed E-state index contributed by atoms with van der Waals surface area (Å²) in [6.45, 7) is 4.86. The van der Waals surface area contributed by atoms with Crippen LogP contribution in [0.1, 0.15) is 29.8 Å². The Labute approximate surface area is 180 Å². The van der Waals surface area contributed by atoms with Crippen molar-refractivity contribution in [2.75, 3.05) is 20.3 Å². The molecule has 2 rings (SSSR count). The van der Waals surface area contributed by atoms with Crippen LogP contribution < -0.4 is 19.6 Å². The molecule has 0 saturated heterocycles. The third-order valence-electron chi connectivity index (χ3n) is 3.45. The third kappa shape index (κ3) is 5.83. The van der Waals surface area contributed by atoms with E-state index in [4.69, 9.17) is 14.2 Å².